The Kier molecular flexibility index (Phi) is 6.57. The van der Waals surface area contributed by atoms with Gasteiger partial charge >= 0.3 is 5.69 Å². The summed E-state index contributed by atoms with van der Waals surface area (Å²) < 4.78 is 33.8. The Hall–Kier alpha value is -4.61. The number of aromatic nitrogens is 5. The molecule has 0 aliphatic heterocycles. The van der Waals surface area contributed by atoms with E-state index < -0.39 is 24.2 Å². The van der Waals surface area contributed by atoms with E-state index in [9.17, 15) is 13.6 Å². The molecule has 1 unspecified atom stereocenters. The van der Waals surface area contributed by atoms with Crippen molar-refractivity contribution in [3.8, 4) is 11.7 Å². The van der Waals surface area contributed by atoms with Crippen LogP contribution in [-0.2, 0) is 0 Å². The minimum absolute atomic E-state index is 0.0417. The minimum atomic E-state index is -0.977. The molecule has 0 radical (unpaired) electrons. The average molecular weight is 466 g/mol. The third-order valence-electron chi connectivity index (χ3n) is 4.78. The number of nitrogens with zero attached hydrogens (tertiary/aromatic N) is 4. The number of anilines is 1. The summed E-state index contributed by atoms with van der Waals surface area (Å²) in [6.45, 7) is -0.891. The van der Waals surface area contributed by atoms with E-state index in [1.807, 2.05) is 0 Å². The van der Waals surface area contributed by atoms with E-state index >= 15 is 0 Å². The summed E-state index contributed by atoms with van der Waals surface area (Å²) in [6.07, 6.45) is 2.92. The topological polar surface area (TPSA) is 148 Å². The number of nitrogens with one attached hydrogen (secondary N) is 3. The molecule has 0 aliphatic rings. The fourth-order valence-corrected chi connectivity index (χ4v) is 3.20. The molecule has 0 fully saturated rings. The first-order chi connectivity index (χ1) is 16.5. The van der Waals surface area contributed by atoms with Crippen molar-refractivity contribution < 1.29 is 13.5 Å². The highest BCUT2D eigenvalue weighted by molar-refractivity contribution is 5.95. The van der Waals surface area contributed by atoms with E-state index in [0.717, 1.165) is 4.68 Å². The molecule has 0 saturated carbocycles. The molecule has 10 nitrogen and oxygen atoms in total. The molecule has 0 saturated heterocycles. The lowest BCUT2D eigenvalue weighted by Gasteiger charge is -2.20. The van der Waals surface area contributed by atoms with Gasteiger partial charge in [0.15, 0.2) is 5.82 Å². The normalized spacial score (nSPS) is 11.7. The molecule has 5 N–H and O–H groups in total. The van der Waals surface area contributed by atoms with Crippen molar-refractivity contribution in [2.75, 3.05) is 18.6 Å². The number of nitrogen functional groups attached to an aromatic ring is 1. The molecule has 2 heterocycles. The van der Waals surface area contributed by atoms with Gasteiger partial charge in [-0.2, -0.15) is 0 Å². The van der Waals surface area contributed by atoms with E-state index in [4.69, 9.17) is 15.9 Å². The molecule has 2 aromatic carbocycles. The summed E-state index contributed by atoms with van der Waals surface area (Å²) in [5.41, 5.74) is 6.03. The highest BCUT2D eigenvalue weighted by Gasteiger charge is 2.24. The van der Waals surface area contributed by atoms with Crippen molar-refractivity contribution in [3.63, 3.8) is 0 Å². The standard InChI is InChI=1S/C22H20F2N8O2/c23-8-11-34-15-6-7-17(24)16(12-15)18(29-14-4-2-13(3-5-14)19(25)26)20-30-22(33)32(31-20)21-27-9-1-10-28-21/h1-7,9-10,12,18,29H,8,11H2,(H3,25,26)(H,30,31,33). The number of nitrogens with two attached hydrogens (primary N) is 1. The summed E-state index contributed by atoms with van der Waals surface area (Å²) in [7, 11) is 0. The van der Waals surface area contributed by atoms with Gasteiger partial charge in [0.1, 0.15) is 36.7 Å². The number of H-pyrrole nitrogens is 1. The maximum absolute atomic E-state index is 15.0. The van der Waals surface area contributed by atoms with Gasteiger partial charge in [0.2, 0.25) is 0 Å². The van der Waals surface area contributed by atoms with E-state index in [1.165, 1.54) is 30.6 Å². The third-order valence-corrected chi connectivity index (χ3v) is 4.78. The highest BCUT2D eigenvalue weighted by Crippen LogP contribution is 2.29. The lowest BCUT2D eigenvalue weighted by Crippen LogP contribution is -2.18. The second-order valence-corrected chi connectivity index (χ2v) is 7.07. The largest absolute Gasteiger partial charge is 0.491 e. The Morgan fingerprint density at radius 1 is 1.21 bits per heavy atom. The quantitative estimate of drug-likeness (QED) is 0.219. The number of benzene rings is 2. The van der Waals surface area contributed by atoms with Crippen LogP contribution in [0.1, 0.15) is 23.0 Å². The van der Waals surface area contributed by atoms with Gasteiger partial charge < -0.3 is 15.8 Å². The van der Waals surface area contributed by atoms with Crippen molar-refractivity contribution >= 4 is 11.5 Å². The average Bonchev–Trinajstić information content (AvgIpc) is 3.24. The molecule has 12 heteroatoms. The molecule has 34 heavy (non-hydrogen) atoms. The zero-order valence-electron chi connectivity index (χ0n) is 17.7. The van der Waals surface area contributed by atoms with Gasteiger partial charge in [-0.1, -0.05) is 0 Å². The first-order valence-corrected chi connectivity index (χ1v) is 10.1. The first-order valence-electron chi connectivity index (χ1n) is 10.1. The molecule has 4 aromatic rings. The van der Waals surface area contributed by atoms with E-state index in [2.05, 4.69) is 25.4 Å². The van der Waals surface area contributed by atoms with E-state index in [1.54, 1.807) is 30.3 Å². The molecule has 174 valence electrons. The van der Waals surface area contributed by atoms with E-state index in [0.29, 0.717) is 11.3 Å². The Bertz CT molecular complexity index is 1340. The third kappa shape index (κ3) is 4.90. The monoisotopic (exact) mass is 466 g/mol. The molecule has 1 atom stereocenters. The van der Waals surface area contributed by atoms with Crippen LogP contribution in [0.2, 0.25) is 0 Å². The van der Waals surface area contributed by atoms with Gasteiger partial charge in [-0.15, -0.1) is 9.78 Å². The van der Waals surface area contributed by atoms with Crippen LogP contribution in [0.4, 0.5) is 14.5 Å². The van der Waals surface area contributed by atoms with Crippen molar-refractivity contribution in [2.24, 2.45) is 5.73 Å². The zero-order chi connectivity index (χ0) is 24.1. The van der Waals surface area contributed by atoms with Gasteiger partial charge in [0.25, 0.3) is 5.95 Å². The Morgan fingerprint density at radius 2 is 1.94 bits per heavy atom. The fraction of sp³-hybridized carbons (Fsp3) is 0.136. The van der Waals surface area contributed by atoms with Crippen molar-refractivity contribution in [3.05, 3.63) is 94.2 Å². The van der Waals surface area contributed by atoms with Gasteiger partial charge in [0.05, 0.1) is 0 Å². The summed E-state index contributed by atoms with van der Waals surface area (Å²) in [4.78, 5) is 23.2. The van der Waals surface area contributed by atoms with Crippen LogP contribution >= 0.6 is 0 Å². The van der Waals surface area contributed by atoms with Gasteiger partial charge in [0, 0.05) is 29.2 Å². The zero-order valence-corrected chi connectivity index (χ0v) is 17.7. The summed E-state index contributed by atoms with van der Waals surface area (Å²) >= 11 is 0. The van der Waals surface area contributed by atoms with Crippen molar-refractivity contribution in [1.82, 2.24) is 24.7 Å². The van der Waals surface area contributed by atoms with Gasteiger partial charge in [-0.05, 0) is 48.5 Å². The lowest BCUT2D eigenvalue weighted by molar-refractivity contribution is 0.272. The van der Waals surface area contributed by atoms with Crippen LogP contribution < -0.4 is 21.5 Å². The predicted molar refractivity (Wildman–Crippen MR) is 121 cm³/mol. The maximum Gasteiger partial charge on any atom is 0.350 e. The number of hydrogen-bond acceptors (Lipinski definition) is 7. The minimum Gasteiger partial charge on any atom is -0.491 e. The Balaban J connectivity index is 1.78. The molecule has 0 aliphatic carbocycles. The Labute approximate surface area is 192 Å². The number of halogens is 2. The summed E-state index contributed by atoms with van der Waals surface area (Å²) in [5, 5.41) is 14.9. The smallest absolute Gasteiger partial charge is 0.350 e. The van der Waals surface area contributed by atoms with Crippen LogP contribution in [0.25, 0.3) is 5.95 Å². The van der Waals surface area contributed by atoms with E-state index in [-0.39, 0.29) is 35.5 Å². The highest BCUT2D eigenvalue weighted by atomic mass is 19.1. The molecule has 0 bridgehead atoms. The van der Waals surface area contributed by atoms with Crippen LogP contribution in [-0.4, -0.2) is 43.8 Å². The first kappa shape index (κ1) is 22.6. The van der Waals surface area contributed by atoms with Crippen LogP contribution in [0.5, 0.6) is 5.75 Å². The van der Waals surface area contributed by atoms with Gasteiger partial charge in [-0.25, -0.2) is 23.5 Å². The SMILES string of the molecule is N=C(N)c1ccc(NC(c2nn(-c3ncccn3)c(=O)[nH]2)c2cc(OCCF)ccc2F)cc1. The lowest BCUT2D eigenvalue weighted by atomic mass is 10.0. The predicted octanol–water partition coefficient (Wildman–Crippen LogP) is 2.32. The van der Waals surface area contributed by atoms with Crippen LogP contribution in [0, 0.1) is 11.2 Å². The second kappa shape index (κ2) is 9.90. The number of ether oxygens (including phenoxy) is 1. The molecule has 2 aromatic heterocycles. The molecule has 0 spiro atoms. The molecular weight excluding hydrogens is 446 g/mol. The number of alkyl halides is 1. The number of amidine groups is 1. The fourth-order valence-electron chi connectivity index (χ4n) is 3.20. The summed E-state index contributed by atoms with van der Waals surface area (Å²) in [6, 6.07) is 11.1. The second-order valence-electron chi connectivity index (χ2n) is 7.07. The number of hydrogen-bond donors (Lipinski definition) is 4. The maximum atomic E-state index is 15.0. The summed E-state index contributed by atoms with van der Waals surface area (Å²) in [5.74, 6) is -0.328. The number of aromatic amines is 1. The van der Waals surface area contributed by atoms with Crippen LogP contribution in [0.15, 0.2) is 65.7 Å². The molecular formula is C22H20F2N8O2. The molecule has 0 amide bonds. The van der Waals surface area contributed by atoms with Crippen molar-refractivity contribution in [2.45, 2.75) is 6.04 Å². The number of rotatable bonds is 9. The Morgan fingerprint density at radius 3 is 2.62 bits per heavy atom. The van der Waals surface area contributed by atoms with Gasteiger partial charge in [-0.3, -0.25) is 10.4 Å². The van der Waals surface area contributed by atoms with Crippen LogP contribution in [0.3, 0.4) is 0 Å². The van der Waals surface area contributed by atoms with Crippen molar-refractivity contribution in [1.29, 1.82) is 5.41 Å². The molecule has 4 rings (SSSR count).